The Labute approximate surface area is 109 Å². The molecule has 1 aromatic carbocycles. The van der Waals surface area contributed by atoms with Gasteiger partial charge in [0.25, 0.3) is 5.91 Å². The topological polar surface area (TPSA) is 79.2 Å². The molecule has 1 aromatic rings. The lowest BCUT2D eigenvalue weighted by atomic mass is 10.00. The van der Waals surface area contributed by atoms with Crippen LogP contribution in [0.15, 0.2) is 29.4 Å². The van der Waals surface area contributed by atoms with Crippen molar-refractivity contribution in [3.63, 3.8) is 0 Å². The predicted molar refractivity (Wildman–Crippen MR) is 67.2 cm³/mol. The van der Waals surface area contributed by atoms with Gasteiger partial charge in [-0.15, -0.1) is 0 Å². The zero-order valence-corrected chi connectivity index (χ0v) is 10.1. The summed E-state index contributed by atoms with van der Waals surface area (Å²) >= 11 is 0. The first-order valence-corrected chi connectivity index (χ1v) is 5.99. The van der Waals surface area contributed by atoms with E-state index in [-0.39, 0.29) is 17.4 Å². The van der Waals surface area contributed by atoms with Gasteiger partial charge < -0.3 is 9.84 Å². The van der Waals surface area contributed by atoms with Crippen LogP contribution in [0.5, 0.6) is 0 Å². The van der Waals surface area contributed by atoms with E-state index in [2.05, 4.69) is 5.10 Å². The monoisotopic (exact) mass is 260 g/mol. The van der Waals surface area contributed by atoms with Gasteiger partial charge in [0.15, 0.2) is 0 Å². The SMILES string of the molecule is O=C(O)c1cccc(N2N=C3CCOCC3C2=O)c1. The Bertz CT molecular complexity index is 582. The van der Waals surface area contributed by atoms with Crippen LogP contribution in [0.3, 0.4) is 0 Å². The van der Waals surface area contributed by atoms with E-state index in [1.54, 1.807) is 12.1 Å². The molecule has 98 valence electrons. The Kier molecular flexibility index (Phi) is 2.79. The van der Waals surface area contributed by atoms with Gasteiger partial charge in [-0.2, -0.15) is 5.10 Å². The normalized spacial score (nSPS) is 22.1. The number of anilines is 1. The number of benzene rings is 1. The van der Waals surface area contributed by atoms with Crippen molar-refractivity contribution in [1.82, 2.24) is 0 Å². The van der Waals surface area contributed by atoms with Crippen molar-refractivity contribution in [2.24, 2.45) is 11.0 Å². The number of carboxylic acids is 1. The summed E-state index contributed by atoms with van der Waals surface area (Å²) in [6.07, 6.45) is 0.644. The van der Waals surface area contributed by atoms with Crippen molar-refractivity contribution in [2.45, 2.75) is 6.42 Å². The molecule has 1 atom stereocenters. The quantitative estimate of drug-likeness (QED) is 0.864. The second kappa shape index (κ2) is 4.47. The third-order valence-corrected chi connectivity index (χ3v) is 3.26. The molecular formula is C13H12N2O4. The standard InChI is InChI=1S/C13H12N2O4/c16-12-10-7-19-5-4-11(10)14-15(12)9-3-1-2-8(6-9)13(17)18/h1-3,6,10H,4-5,7H2,(H,17,18). The lowest BCUT2D eigenvalue weighted by molar-refractivity contribution is -0.121. The number of amides is 1. The second-order valence-electron chi connectivity index (χ2n) is 4.47. The van der Waals surface area contributed by atoms with E-state index in [0.717, 1.165) is 5.71 Å². The van der Waals surface area contributed by atoms with Crippen molar-refractivity contribution >= 4 is 23.3 Å². The molecule has 0 saturated carbocycles. The molecule has 0 spiro atoms. The highest BCUT2D eigenvalue weighted by Gasteiger charge is 2.38. The molecule has 1 unspecified atom stereocenters. The molecule has 0 bridgehead atoms. The van der Waals surface area contributed by atoms with Gasteiger partial charge in [0.1, 0.15) is 5.92 Å². The number of carboxylic acid groups (broad SMARTS) is 1. The number of carbonyl (C=O) groups is 2. The van der Waals surface area contributed by atoms with Gasteiger partial charge in [0.2, 0.25) is 0 Å². The van der Waals surface area contributed by atoms with E-state index >= 15 is 0 Å². The van der Waals surface area contributed by atoms with Crippen LogP contribution in [-0.4, -0.2) is 35.9 Å². The first-order valence-electron chi connectivity index (χ1n) is 5.99. The van der Waals surface area contributed by atoms with Crippen LogP contribution in [0.25, 0.3) is 0 Å². The molecule has 1 amide bonds. The summed E-state index contributed by atoms with van der Waals surface area (Å²) in [7, 11) is 0. The van der Waals surface area contributed by atoms with Crippen molar-refractivity contribution in [1.29, 1.82) is 0 Å². The molecule has 2 aliphatic heterocycles. The number of hydrogen-bond acceptors (Lipinski definition) is 4. The molecular weight excluding hydrogens is 248 g/mol. The molecule has 1 N–H and O–H groups in total. The van der Waals surface area contributed by atoms with Gasteiger partial charge in [0.05, 0.1) is 30.2 Å². The Hall–Kier alpha value is -2.21. The number of hydrogen-bond donors (Lipinski definition) is 1. The Morgan fingerprint density at radius 3 is 3.05 bits per heavy atom. The van der Waals surface area contributed by atoms with Crippen LogP contribution in [0.1, 0.15) is 16.8 Å². The average Bonchev–Trinajstić information content (AvgIpc) is 2.77. The van der Waals surface area contributed by atoms with Gasteiger partial charge in [-0.3, -0.25) is 4.79 Å². The van der Waals surface area contributed by atoms with Gasteiger partial charge in [-0.05, 0) is 18.2 Å². The van der Waals surface area contributed by atoms with Crippen LogP contribution in [0, 0.1) is 5.92 Å². The first kappa shape index (κ1) is 11.9. The molecule has 2 aliphatic rings. The number of ether oxygens (including phenoxy) is 1. The summed E-state index contributed by atoms with van der Waals surface area (Å²) in [5.74, 6) is -1.50. The summed E-state index contributed by atoms with van der Waals surface area (Å²) in [5, 5.41) is 14.5. The average molecular weight is 260 g/mol. The third-order valence-electron chi connectivity index (χ3n) is 3.26. The molecule has 2 heterocycles. The highest BCUT2D eigenvalue weighted by Crippen LogP contribution is 2.27. The molecule has 0 radical (unpaired) electrons. The lowest BCUT2D eigenvalue weighted by Crippen LogP contribution is -2.33. The molecule has 0 aromatic heterocycles. The van der Waals surface area contributed by atoms with E-state index in [1.807, 2.05) is 0 Å². The van der Waals surface area contributed by atoms with E-state index in [4.69, 9.17) is 9.84 Å². The maximum atomic E-state index is 12.2. The maximum absolute atomic E-state index is 12.2. The smallest absolute Gasteiger partial charge is 0.335 e. The predicted octanol–water partition coefficient (Wildman–Crippen LogP) is 1.12. The van der Waals surface area contributed by atoms with Crippen LogP contribution in [-0.2, 0) is 9.53 Å². The van der Waals surface area contributed by atoms with E-state index in [0.29, 0.717) is 25.3 Å². The molecule has 1 saturated heterocycles. The third kappa shape index (κ3) is 2.00. The molecule has 3 rings (SSSR count). The van der Waals surface area contributed by atoms with Crippen molar-refractivity contribution in [3.8, 4) is 0 Å². The molecule has 6 heteroatoms. The Morgan fingerprint density at radius 1 is 1.47 bits per heavy atom. The summed E-state index contributed by atoms with van der Waals surface area (Å²) in [6, 6.07) is 6.20. The number of nitrogens with zero attached hydrogens (tertiary/aromatic N) is 2. The van der Waals surface area contributed by atoms with E-state index in [1.165, 1.54) is 17.1 Å². The minimum Gasteiger partial charge on any atom is -0.478 e. The van der Waals surface area contributed by atoms with Crippen LogP contribution in [0.4, 0.5) is 5.69 Å². The molecule has 6 nitrogen and oxygen atoms in total. The fourth-order valence-corrected chi connectivity index (χ4v) is 2.26. The highest BCUT2D eigenvalue weighted by atomic mass is 16.5. The summed E-state index contributed by atoms with van der Waals surface area (Å²) in [6.45, 7) is 0.929. The second-order valence-corrected chi connectivity index (χ2v) is 4.47. The van der Waals surface area contributed by atoms with Gasteiger partial charge in [0, 0.05) is 6.42 Å². The lowest BCUT2D eigenvalue weighted by Gasteiger charge is -2.17. The van der Waals surface area contributed by atoms with E-state index in [9.17, 15) is 9.59 Å². The molecule has 0 aliphatic carbocycles. The van der Waals surface area contributed by atoms with Crippen molar-refractivity contribution in [2.75, 3.05) is 18.2 Å². The highest BCUT2D eigenvalue weighted by molar-refractivity contribution is 6.16. The largest absolute Gasteiger partial charge is 0.478 e. The van der Waals surface area contributed by atoms with Gasteiger partial charge >= 0.3 is 5.97 Å². The number of fused-ring (bicyclic) bond motifs is 1. The Balaban J connectivity index is 1.94. The zero-order chi connectivity index (χ0) is 13.4. The van der Waals surface area contributed by atoms with Gasteiger partial charge in [-0.1, -0.05) is 6.07 Å². The van der Waals surface area contributed by atoms with Crippen LogP contribution >= 0.6 is 0 Å². The maximum Gasteiger partial charge on any atom is 0.335 e. The van der Waals surface area contributed by atoms with Gasteiger partial charge in [-0.25, -0.2) is 9.80 Å². The molecule has 19 heavy (non-hydrogen) atoms. The van der Waals surface area contributed by atoms with Crippen molar-refractivity contribution < 1.29 is 19.4 Å². The zero-order valence-electron chi connectivity index (χ0n) is 10.1. The summed E-state index contributed by atoms with van der Waals surface area (Å²) < 4.78 is 5.28. The number of rotatable bonds is 2. The molecule has 1 fully saturated rings. The van der Waals surface area contributed by atoms with E-state index < -0.39 is 5.97 Å². The summed E-state index contributed by atoms with van der Waals surface area (Å²) in [4.78, 5) is 23.1. The first-order chi connectivity index (χ1) is 9.16. The fourth-order valence-electron chi connectivity index (χ4n) is 2.26. The Morgan fingerprint density at radius 2 is 2.32 bits per heavy atom. The minimum absolute atomic E-state index is 0.136. The van der Waals surface area contributed by atoms with Crippen LogP contribution < -0.4 is 5.01 Å². The number of aromatic carboxylic acids is 1. The van der Waals surface area contributed by atoms with Crippen LogP contribution in [0.2, 0.25) is 0 Å². The van der Waals surface area contributed by atoms with Crippen molar-refractivity contribution in [3.05, 3.63) is 29.8 Å². The number of carbonyl (C=O) groups excluding carboxylic acids is 1. The minimum atomic E-state index is -1.03. The summed E-state index contributed by atoms with van der Waals surface area (Å²) in [5.41, 5.74) is 1.43. The number of hydrazone groups is 1. The fraction of sp³-hybridized carbons (Fsp3) is 0.308.